The molecule has 2 nitrogen and oxygen atoms in total. The predicted molar refractivity (Wildman–Crippen MR) is 229 cm³/mol. The highest BCUT2D eigenvalue weighted by atomic mass is 32.1. The van der Waals surface area contributed by atoms with E-state index in [1.807, 2.05) is 11.3 Å². The number of aromatic nitrogens is 1. The van der Waals surface area contributed by atoms with Gasteiger partial charge in [0.2, 0.25) is 0 Å². The van der Waals surface area contributed by atoms with Crippen LogP contribution in [0.1, 0.15) is 0 Å². The van der Waals surface area contributed by atoms with E-state index in [1.165, 1.54) is 74.6 Å². The van der Waals surface area contributed by atoms with E-state index in [2.05, 4.69) is 204 Å². The Balaban J connectivity index is 1.20. The third-order valence-corrected chi connectivity index (χ3v) is 12.0. The maximum atomic E-state index is 2.47. The van der Waals surface area contributed by atoms with E-state index in [0.29, 0.717) is 0 Å². The van der Waals surface area contributed by atoms with Crippen LogP contribution in [0.5, 0.6) is 0 Å². The lowest BCUT2D eigenvalue weighted by Gasteiger charge is -2.28. The average Bonchev–Trinajstić information content (AvgIpc) is 3.77. The number of benzene rings is 9. The minimum absolute atomic E-state index is 1.11. The normalized spacial score (nSPS) is 11.8. The zero-order chi connectivity index (χ0) is 34.9. The van der Waals surface area contributed by atoms with E-state index >= 15 is 0 Å². The van der Waals surface area contributed by atoms with Gasteiger partial charge in [0.25, 0.3) is 0 Å². The molecular weight excluding hydrogens is 661 g/mol. The summed E-state index contributed by atoms with van der Waals surface area (Å²) in [5, 5.41) is 10.1. The van der Waals surface area contributed by atoms with Gasteiger partial charge in [0.05, 0.1) is 16.7 Å². The lowest BCUT2D eigenvalue weighted by molar-refractivity contribution is 1.18. The van der Waals surface area contributed by atoms with E-state index in [0.717, 1.165) is 22.7 Å². The predicted octanol–water partition coefficient (Wildman–Crippen LogP) is 14.6. The number of anilines is 3. The van der Waals surface area contributed by atoms with Gasteiger partial charge in [-0.25, -0.2) is 0 Å². The molecule has 2 heterocycles. The third-order valence-electron chi connectivity index (χ3n) is 10.8. The van der Waals surface area contributed by atoms with Crippen LogP contribution in [0, 0.1) is 0 Å². The van der Waals surface area contributed by atoms with Gasteiger partial charge in [0, 0.05) is 53.4 Å². The summed E-state index contributed by atoms with van der Waals surface area (Å²) < 4.78 is 5.04. The Morgan fingerprint density at radius 3 is 1.89 bits per heavy atom. The summed E-state index contributed by atoms with van der Waals surface area (Å²) in [7, 11) is 0. The molecule has 53 heavy (non-hydrogen) atoms. The summed E-state index contributed by atoms with van der Waals surface area (Å²) in [6, 6.07) is 71.0. The van der Waals surface area contributed by atoms with Gasteiger partial charge in [-0.2, -0.15) is 0 Å². The Kier molecular flexibility index (Phi) is 6.76. The summed E-state index contributed by atoms with van der Waals surface area (Å²) >= 11 is 1.89. The first kappa shape index (κ1) is 30.0. The molecule has 3 heteroatoms. The first-order valence-electron chi connectivity index (χ1n) is 18.1. The molecule has 0 saturated heterocycles. The Labute approximate surface area is 311 Å². The minimum Gasteiger partial charge on any atom is -0.310 e. The second-order valence-corrected chi connectivity index (χ2v) is 14.8. The molecule has 0 bridgehead atoms. The minimum atomic E-state index is 1.11. The number of fused-ring (bicyclic) bond motifs is 9. The molecule has 0 fully saturated rings. The number of nitrogens with zero attached hydrogens (tertiary/aromatic N) is 2. The van der Waals surface area contributed by atoms with Crippen molar-refractivity contribution < 1.29 is 0 Å². The molecule has 0 aliphatic heterocycles. The number of hydrogen-bond acceptors (Lipinski definition) is 2. The van der Waals surface area contributed by atoms with Gasteiger partial charge in [-0.05, 0) is 81.9 Å². The summed E-state index contributed by atoms with van der Waals surface area (Å²) in [5.74, 6) is 0. The molecule has 0 N–H and O–H groups in total. The number of rotatable bonds is 5. The molecule has 0 amide bonds. The van der Waals surface area contributed by atoms with Gasteiger partial charge in [-0.15, -0.1) is 11.3 Å². The molecule has 11 aromatic rings. The maximum Gasteiger partial charge on any atom is 0.0561 e. The van der Waals surface area contributed by atoms with E-state index in [-0.39, 0.29) is 0 Å². The van der Waals surface area contributed by atoms with Gasteiger partial charge in [-0.1, -0.05) is 140 Å². The highest BCUT2D eigenvalue weighted by Gasteiger charge is 2.21. The lowest BCUT2D eigenvalue weighted by atomic mass is 9.96. The van der Waals surface area contributed by atoms with E-state index in [4.69, 9.17) is 0 Å². The summed E-state index contributed by atoms with van der Waals surface area (Å²) in [4.78, 5) is 2.47. The van der Waals surface area contributed by atoms with Crippen molar-refractivity contribution in [2.45, 2.75) is 0 Å². The number of thiophene rings is 1. The zero-order valence-electron chi connectivity index (χ0n) is 28.8. The topological polar surface area (TPSA) is 8.17 Å². The fraction of sp³-hybridized carbons (Fsp3) is 0. The Morgan fingerprint density at radius 1 is 0.396 bits per heavy atom. The maximum absolute atomic E-state index is 2.47. The second-order valence-electron chi connectivity index (χ2n) is 13.7. The van der Waals surface area contributed by atoms with Crippen molar-refractivity contribution in [2.75, 3.05) is 4.90 Å². The summed E-state index contributed by atoms with van der Waals surface area (Å²) in [6.07, 6.45) is 0. The molecule has 11 rings (SSSR count). The second kappa shape index (κ2) is 11.9. The SMILES string of the molecule is c1ccc(-c2ccc(N(c3ccc4sc5c6ccccc6ccc5c4c3)c3ccc4c5ccccc5n(-c5ccccc5)c4c3)c3ccccc23)cc1. The zero-order valence-corrected chi connectivity index (χ0v) is 29.6. The highest BCUT2D eigenvalue weighted by molar-refractivity contribution is 7.26. The quantitative estimate of drug-likeness (QED) is 0.174. The molecule has 0 aliphatic carbocycles. The number of hydrogen-bond donors (Lipinski definition) is 0. The third kappa shape index (κ3) is 4.71. The Hall–Kier alpha value is -6.68. The van der Waals surface area contributed by atoms with Crippen molar-refractivity contribution in [3.05, 3.63) is 194 Å². The number of para-hydroxylation sites is 2. The molecule has 0 unspecified atom stereocenters. The van der Waals surface area contributed by atoms with Gasteiger partial charge < -0.3 is 9.47 Å². The molecule has 0 aliphatic rings. The molecule has 0 atom stereocenters. The van der Waals surface area contributed by atoms with Crippen LogP contribution in [0.4, 0.5) is 17.1 Å². The molecular formula is C50H32N2S. The van der Waals surface area contributed by atoms with Crippen molar-refractivity contribution in [2.24, 2.45) is 0 Å². The van der Waals surface area contributed by atoms with Crippen LogP contribution in [-0.2, 0) is 0 Å². The summed E-state index contributed by atoms with van der Waals surface area (Å²) in [6.45, 7) is 0. The first-order valence-corrected chi connectivity index (χ1v) is 18.9. The summed E-state index contributed by atoms with van der Waals surface area (Å²) in [5.41, 5.74) is 9.37. The van der Waals surface area contributed by atoms with Gasteiger partial charge in [0.15, 0.2) is 0 Å². The molecule has 2 aromatic heterocycles. The van der Waals surface area contributed by atoms with Crippen LogP contribution in [0.15, 0.2) is 194 Å². The fourth-order valence-corrected chi connectivity index (χ4v) is 9.58. The lowest BCUT2D eigenvalue weighted by Crippen LogP contribution is -2.11. The van der Waals surface area contributed by atoms with E-state index < -0.39 is 0 Å². The van der Waals surface area contributed by atoms with E-state index in [9.17, 15) is 0 Å². The van der Waals surface area contributed by atoms with Crippen LogP contribution in [0.2, 0.25) is 0 Å². The smallest absolute Gasteiger partial charge is 0.0561 e. The van der Waals surface area contributed by atoms with Crippen LogP contribution in [0.3, 0.4) is 0 Å². The Morgan fingerprint density at radius 2 is 1.04 bits per heavy atom. The molecule has 0 spiro atoms. The van der Waals surface area contributed by atoms with Crippen LogP contribution in [-0.4, -0.2) is 4.57 Å². The van der Waals surface area contributed by atoms with Gasteiger partial charge in [-0.3, -0.25) is 0 Å². The molecule has 0 saturated carbocycles. The largest absolute Gasteiger partial charge is 0.310 e. The van der Waals surface area contributed by atoms with Crippen molar-refractivity contribution in [3.8, 4) is 16.8 Å². The fourth-order valence-electron chi connectivity index (χ4n) is 8.36. The van der Waals surface area contributed by atoms with Crippen LogP contribution >= 0.6 is 11.3 Å². The average molecular weight is 693 g/mol. The van der Waals surface area contributed by atoms with E-state index in [1.54, 1.807) is 0 Å². The Bertz CT molecular complexity index is 3170. The van der Waals surface area contributed by atoms with Crippen molar-refractivity contribution >= 4 is 91.9 Å². The van der Waals surface area contributed by atoms with Gasteiger partial charge in [0.1, 0.15) is 0 Å². The van der Waals surface area contributed by atoms with Crippen molar-refractivity contribution in [1.82, 2.24) is 4.57 Å². The monoisotopic (exact) mass is 692 g/mol. The highest BCUT2D eigenvalue weighted by Crippen LogP contribution is 2.46. The van der Waals surface area contributed by atoms with Crippen LogP contribution < -0.4 is 4.90 Å². The molecule has 248 valence electrons. The molecule has 0 radical (unpaired) electrons. The molecule has 9 aromatic carbocycles. The van der Waals surface area contributed by atoms with Crippen molar-refractivity contribution in [3.63, 3.8) is 0 Å². The standard InChI is InChI=1S/C50H32N2S/c1-3-13-33(14-4-1)38-28-29-47(41-20-10-9-19-40(38)41)51(36-25-30-49-45(31-36)44-26-23-34-15-7-8-18-39(34)50(44)53-49)37-24-27-43-42-21-11-12-22-46(42)52(48(43)32-37)35-16-5-2-6-17-35/h1-32H. The first-order chi connectivity index (χ1) is 26.3. The van der Waals surface area contributed by atoms with Crippen LogP contribution in [0.25, 0.3) is 80.3 Å². The van der Waals surface area contributed by atoms with Crippen molar-refractivity contribution in [1.29, 1.82) is 0 Å². The van der Waals surface area contributed by atoms with Gasteiger partial charge >= 0.3 is 0 Å².